The third kappa shape index (κ3) is 3.31. The van der Waals surface area contributed by atoms with Crippen molar-refractivity contribution in [3.05, 3.63) is 24.3 Å². The van der Waals surface area contributed by atoms with Crippen molar-refractivity contribution in [1.82, 2.24) is 5.32 Å². The average molecular weight is 276 g/mol. The lowest BCUT2D eigenvalue weighted by atomic mass is 9.79. The van der Waals surface area contributed by atoms with Gasteiger partial charge in [0.25, 0.3) is 0 Å². The predicted molar refractivity (Wildman–Crippen MR) is 81.0 cm³/mol. The lowest BCUT2D eigenvalue weighted by Gasteiger charge is -2.37. The van der Waals surface area contributed by atoms with E-state index in [2.05, 4.69) is 5.32 Å². The van der Waals surface area contributed by atoms with Gasteiger partial charge in [-0.05, 0) is 44.2 Å². The second-order valence-corrected chi connectivity index (χ2v) is 5.74. The Balaban J connectivity index is 2.04. The van der Waals surface area contributed by atoms with Crippen LogP contribution in [-0.4, -0.2) is 30.6 Å². The van der Waals surface area contributed by atoms with Gasteiger partial charge in [0, 0.05) is 24.7 Å². The number of carbonyl (C=O) groups is 1. The first-order valence-corrected chi connectivity index (χ1v) is 7.31. The molecule has 2 N–H and O–H groups in total. The van der Waals surface area contributed by atoms with E-state index in [1.165, 1.54) is 19.3 Å². The molecule has 0 spiro atoms. The van der Waals surface area contributed by atoms with Crippen LogP contribution in [0.15, 0.2) is 24.3 Å². The summed E-state index contributed by atoms with van der Waals surface area (Å²) < 4.78 is 0. The molecule has 0 bridgehead atoms. The minimum atomic E-state index is -0.0412. The topological polar surface area (TPSA) is 52.6 Å². The molecule has 1 aromatic carbocycles. The molecule has 0 aromatic heterocycles. The number of amides is 1. The first-order chi connectivity index (χ1) is 9.56. The molecule has 1 fully saturated rings. The molecule has 4 nitrogen and oxygen atoms in total. The van der Waals surface area contributed by atoms with E-state index >= 15 is 0 Å². The SMILES string of the molecule is CNC1(CC(=O)N(C)c2ccc(O)cc2)CCCCC1. The van der Waals surface area contributed by atoms with Gasteiger partial charge < -0.3 is 15.3 Å². The molecular weight excluding hydrogens is 252 g/mol. The van der Waals surface area contributed by atoms with Crippen LogP contribution in [0.25, 0.3) is 0 Å². The summed E-state index contributed by atoms with van der Waals surface area (Å²) in [6, 6.07) is 6.74. The van der Waals surface area contributed by atoms with Crippen LogP contribution in [0.4, 0.5) is 5.69 Å². The monoisotopic (exact) mass is 276 g/mol. The van der Waals surface area contributed by atoms with Crippen molar-refractivity contribution in [3.8, 4) is 5.75 Å². The van der Waals surface area contributed by atoms with E-state index in [0.29, 0.717) is 6.42 Å². The highest BCUT2D eigenvalue weighted by Gasteiger charge is 2.33. The van der Waals surface area contributed by atoms with Gasteiger partial charge in [0.05, 0.1) is 0 Å². The van der Waals surface area contributed by atoms with Crippen LogP contribution in [0.1, 0.15) is 38.5 Å². The number of hydrogen-bond donors (Lipinski definition) is 2. The number of nitrogens with one attached hydrogen (secondary N) is 1. The Bertz CT molecular complexity index is 450. The zero-order valence-electron chi connectivity index (χ0n) is 12.4. The van der Waals surface area contributed by atoms with Crippen LogP contribution in [0.2, 0.25) is 0 Å². The number of carbonyl (C=O) groups excluding carboxylic acids is 1. The Labute approximate surface area is 120 Å². The summed E-state index contributed by atoms with van der Waals surface area (Å²) in [4.78, 5) is 14.2. The molecule has 0 radical (unpaired) electrons. The summed E-state index contributed by atoms with van der Waals surface area (Å²) in [6.45, 7) is 0. The Morgan fingerprint density at radius 1 is 1.25 bits per heavy atom. The van der Waals surface area contributed by atoms with Crippen molar-refractivity contribution in [1.29, 1.82) is 0 Å². The summed E-state index contributed by atoms with van der Waals surface area (Å²) in [6.07, 6.45) is 6.32. The molecule has 1 aliphatic rings. The summed E-state index contributed by atoms with van der Waals surface area (Å²) >= 11 is 0. The molecule has 0 atom stereocenters. The van der Waals surface area contributed by atoms with Crippen LogP contribution in [0.3, 0.4) is 0 Å². The molecule has 1 amide bonds. The maximum atomic E-state index is 12.5. The van der Waals surface area contributed by atoms with Crippen molar-refractivity contribution in [2.45, 2.75) is 44.1 Å². The van der Waals surface area contributed by atoms with E-state index in [9.17, 15) is 9.90 Å². The third-order valence-corrected chi connectivity index (χ3v) is 4.44. The maximum Gasteiger partial charge on any atom is 0.228 e. The average Bonchev–Trinajstić information content (AvgIpc) is 2.48. The van der Waals surface area contributed by atoms with E-state index in [4.69, 9.17) is 0 Å². The molecule has 4 heteroatoms. The fourth-order valence-corrected chi connectivity index (χ4v) is 2.97. The van der Waals surface area contributed by atoms with Crippen molar-refractivity contribution in [3.63, 3.8) is 0 Å². The molecular formula is C16H24N2O2. The number of anilines is 1. The van der Waals surface area contributed by atoms with Gasteiger partial charge in [-0.1, -0.05) is 19.3 Å². The second kappa shape index (κ2) is 6.27. The highest BCUT2D eigenvalue weighted by atomic mass is 16.3. The number of benzene rings is 1. The van der Waals surface area contributed by atoms with Crippen molar-refractivity contribution in [2.24, 2.45) is 0 Å². The Morgan fingerprint density at radius 2 is 1.85 bits per heavy atom. The standard InChI is InChI=1S/C16H24N2O2/c1-17-16(10-4-3-5-11-16)12-15(20)18(2)13-6-8-14(19)9-7-13/h6-9,17,19H,3-5,10-12H2,1-2H3. The quantitative estimate of drug-likeness (QED) is 0.889. The van der Waals surface area contributed by atoms with Gasteiger partial charge in [-0.3, -0.25) is 4.79 Å². The molecule has 0 heterocycles. The number of phenols is 1. The zero-order chi connectivity index (χ0) is 14.6. The molecule has 0 saturated heterocycles. The van der Waals surface area contributed by atoms with E-state index in [1.54, 1.807) is 36.2 Å². The van der Waals surface area contributed by atoms with E-state index in [0.717, 1.165) is 18.5 Å². The summed E-state index contributed by atoms with van der Waals surface area (Å²) in [5.74, 6) is 0.334. The van der Waals surface area contributed by atoms with Gasteiger partial charge in [-0.15, -0.1) is 0 Å². The molecule has 1 saturated carbocycles. The normalized spacial score (nSPS) is 17.7. The molecule has 110 valence electrons. The zero-order valence-corrected chi connectivity index (χ0v) is 12.4. The number of nitrogens with zero attached hydrogens (tertiary/aromatic N) is 1. The Kier molecular flexibility index (Phi) is 4.65. The minimum absolute atomic E-state index is 0.0412. The second-order valence-electron chi connectivity index (χ2n) is 5.74. The van der Waals surface area contributed by atoms with Gasteiger partial charge in [-0.25, -0.2) is 0 Å². The van der Waals surface area contributed by atoms with Crippen molar-refractivity contribution >= 4 is 11.6 Å². The summed E-state index contributed by atoms with van der Waals surface area (Å²) in [5, 5.41) is 12.7. The number of phenolic OH excluding ortho intramolecular Hbond substituents is 1. The largest absolute Gasteiger partial charge is 0.508 e. The third-order valence-electron chi connectivity index (χ3n) is 4.44. The van der Waals surface area contributed by atoms with Crippen LogP contribution >= 0.6 is 0 Å². The maximum absolute atomic E-state index is 12.5. The van der Waals surface area contributed by atoms with Gasteiger partial charge in [-0.2, -0.15) is 0 Å². The van der Waals surface area contributed by atoms with Crippen LogP contribution in [0, 0.1) is 0 Å². The first kappa shape index (κ1) is 14.9. The van der Waals surface area contributed by atoms with Crippen LogP contribution in [-0.2, 0) is 4.79 Å². The highest BCUT2D eigenvalue weighted by molar-refractivity contribution is 5.93. The Morgan fingerprint density at radius 3 is 2.40 bits per heavy atom. The molecule has 1 aliphatic carbocycles. The van der Waals surface area contributed by atoms with Crippen molar-refractivity contribution < 1.29 is 9.90 Å². The summed E-state index contributed by atoms with van der Waals surface area (Å²) in [5.41, 5.74) is 0.774. The molecule has 1 aromatic rings. The van der Waals surface area contributed by atoms with E-state index < -0.39 is 0 Å². The van der Waals surface area contributed by atoms with Crippen LogP contribution in [0.5, 0.6) is 5.75 Å². The van der Waals surface area contributed by atoms with E-state index in [-0.39, 0.29) is 17.2 Å². The molecule has 0 aliphatic heterocycles. The smallest absolute Gasteiger partial charge is 0.228 e. The molecule has 2 rings (SSSR count). The number of hydrogen-bond acceptors (Lipinski definition) is 3. The van der Waals surface area contributed by atoms with Crippen molar-refractivity contribution in [2.75, 3.05) is 19.0 Å². The first-order valence-electron chi connectivity index (χ1n) is 7.31. The van der Waals surface area contributed by atoms with Gasteiger partial charge in [0.1, 0.15) is 5.75 Å². The molecule has 0 unspecified atom stereocenters. The summed E-state index contributed by atoms with van der Waals surface area (Å²) in [7, 11) is 3.75. The highest BCUT2D eigenvalue weighted by Crippen LogP contribution is 2.31. The van der Waals surface area contributed by atoms with Crippen LogP contribution < -0.4 is 10.2 Å². The fraction of sp³-hybridized carbons (Fsp3) is 0.562. The Hall–Kier alpha value is -1.55. The van der Waals surface area contributed by atoms with Gasteiger partial charge >= 0.3 is 0 Å². The molecule has 20 heavy (non-hydrogen) atoms. The number of rotatable bonds is 4. The lowest BCUT2D eigenvalue weighted by molar-refractivity contribution is -0.120. The predicted octanol–water partition coefficient (Wildman–Crippen LogP) is 2.67. The fourth-order valence-electron chi connectivity index (χ4n) is 2.97. The van der Waals surface area contributed by atoms with E-state index in [1.807, 2.05) is 7.05 Å². The lowest BCUT2D eigenvalue weighted by Crippen LogP contribution is -2.48. The minimum Gasteiger partial charge on any atom is -0.508 e. The number of aromatic hydroxyl groups is 1. The van der Waals surface area contributed by atoms with Gasteiger partial charge in [0.2, 0.25) is 5.91 Å². The van der Waals surface area contributed by atoms with Gasteiger partial charge in [0.15, 0.2) is 0 Å².